The Hall–Kier alpha value is -3.92. The number of hydrogen-bond acceptors (Lipinski definition) is 5. The van der Waals surface area contributed by atoms with Gasteiger partial charge in [0.1, 0.15) is 5.52 Å². The summed E-state index contributed by atoms with van der Waals surface area (Å²) in [6.07, 6.45) is -2.90. The summed E-state index contributed by atoms with van der Waals surface area (Å²) in [7, 11) is 0. The SMILES string of the molecule is Cc1ccc(NC(=O)c2cccc(C(F)(F)F)c2)cc1-c1cc2[nH]cnc2c(N2CCOCC2)n1. The first kappa shape index (κ1) is 22.9. The number of fused-ring (bicyclic) bond motifs is 1. The van der Waals surface area contributed by atoms with Crippen molar-refractivity contribution in [2.45, 2.75) is 13.1 Å². The second-order valence-corrected chi connectivity index (χ2v) is 8.29. The number of aromatic nitrogens is 3. The largest absolute Gasteiger partial charge is 0.416 e. The first-order valence-electron chi connectivity index (χ1n) is 11.1. The van der Waals surface area contributed by atoms with E-state index < -0.39 is 17.6 Å². The van der Waals surface area contributed by atoms with E-state index in [1.54, 1.807) is 18.5 Å². The minimum Gasteiger partial charge on any atom is -0.378 e. The highest BCUT2D eigenvalue weighted by molar-refractivity contribution is 6.04. The Morgan fingerprint density at radius 1 is 1.11 bits per heavy atom. The van der Waals surface area contributed by atoms with Crippen molar-refractivity contribution in [2.75, 3.05) is 36.5 Å². The van der Waals surface area contributed by atoms with Crippen LogP contribution in [0, 0.1) is 6.92 Å². The number of morpholine rings is 1. The number of nitrogens with one attached hydrogen (secondary N) is 2. The van der Waals surface area contributed by atoms with Crippen LogP contribution in [0.3, 0.4) is 0 Å². The molecule has 1 amide bonds. The van der Waals surface area contributed by atoms with E-state index in [1.807, 2.05) is 19.1 Å². The molecule has 0 atom stereocenters. The molecule has 5 rings (SSSR count). The Labute approximate surface area is 199 Å². The average Bonchev–Trinajstić information content (AvgIpc) is 3.33. The van der Waals surface area contributed by atoms with E-state index in [-0.39, 0.29) is 5.56 Å². The molecule has 0 unspecified atom stereocenters. The number of imidazole rings is 1. The van der Waals surface area contributed by atoms with Crippen LogP contribution in [-0.4, -0.2) is 47.2 Å². The standard InChI is InChI=1S/C25H22F3N5O2/c1-15-5-6-18(31-24(34)16-3-2-4-17(11-16)25(26,27)28)12-19(15)20-13-21-22(30-14-29-21)23(32-20)33-7-9-35-10-8-33/h2-6,11-14H,7-10H2,1H3,(H,29,30)(H,31,34). The van der Waals surface area contributed by atoms with Crippen LogP contribution in [0.2, 0.25) is 0 Å². The fraction of sp³-hybridized carbons (Fsp3) is 0.240. The Kier molecular flexibility index (Phi) is 5.89. The van der Waals surface area contributed by atoms with Gasteiger partial charge in [0.2, 0.25) is 0 Å². The second-order valence-electron chi connectivity index (χ2n) is 8.29. The van der Waals surface area contributed by atoms with E-state index in [2.05, 4.69) is 20.2 Å². The highest BCUT2D eigenvalue weighted by Gasteiger charge is 2.31. The van der Waals surface area contributed by atoms with Gasteiger partial charge in [-0.3, -0.25) is 4.79 Å². The van der Waals surface area contributed by atoms with Gasteiger partial charge in [-0.1, -0.05) is 12.1 Å². The number of pyridine rings is 1. The van der Waals surface area contributed by atoms with Crippen LogP contribution in [-0.2, 0) is 10.9 Å². The molecule has 0 bridgehead atoms. The van der Waals surface area contributed by atoms with Crippen molar-refractivity contribution >= 4 is 28.4 Å². The van der Waals surface area contributed by atoms with Gasteiger partial charge in [0.15, 0.2) is 5.82 Å². The van der Waals surface area contributed by atoms with Crippen LogP contribution >= 0.6 is 0 Å². The summed E-state index contributed by atoms with van der Waals surface area (Å²) >= 11 is 0. The maximum atomic E-state index is 13.0. The number of carbonyl (C=O) groups excluding carboxylic acids is 1. The molecule has 4 aromatic rings. The fourth-order valence-corrected chi connectivity index (χ4v) is 4.08. The van der Waals surface area contributed by atoms with Gasteiger partial charge in [-0.25, -0.2) is 9.97 Å². The van der Waals surface area contributed by atoms with Gasteiger partial charge >= 0.3 is 6.18 Å². The number of aromatic amines is 1. The Morgan fingerprint density at radius 2 is 1.91 bits per heavy atom. The Balaban J connectivity index is 1.48. The summed E-state index contributed by atoms with van der Waals surface area (Å²) in [5.74, 6) is 0.122. The second kappa shape index (κ2) is 9.03. The highest BCUT2D eigenvalue weighted by atomic mass is 19.4. The van der Waals surface area contributed by atoms with Gasteiger partial charge in [-0.2, -0.15) is 13.2 Å². The van der Waals surface area contributed by atoms with Gasteiger partial charge in [0.25, 0.3) is 5.91 Å². The molecule has 1 fully saturated rings. The molecule has 180 valence electrons. The van der Waals surface area contributed by atoms with Crippen molar-refractivity contribution in [1.82, 2.24) is 15.0 Å². The quantitative estimate of drug-likeness (QED) is 0.427. The monoisotopic (exact) mass is 481 g/mol. The van der Waals surface area contributed by atoms with E-state index in [9.17, 15) is 18.0 Å². The summed E-state index contributed by atoms with van der Waals surface area (Å²) in [6.45, 7) is 4.54. The number of aryl methyl sites for hydroxylation is 1. The van der Waals surface area contributed by atoms with Gasteiger partial charge in [0.05, 0.1) is 36.3 Å². The molecule has 2 aromatic carbocycles. The van der Waals surface area contributed by atoms with E-state index in [1.165, 1.54) is 12.1 Å². The summed E-state index contributed by atoms with van der Waals surface area (Å²) < 4.78 is 44.6. The van der Waals surface area contributed by atoms with Gasteiger partial charge in [-0.05, 0) is 48.9 Å². The molecule has 1 saturated heterocycles. The van der Waals surface area contributed by atoms with E-state index >= 15 is 0 Å². The Bertz CT molecular complexity index is 1390. The molecule has 2 aromatic heterocycles. The predicted molar refractivity (Wildman–Crippen MR) is 126 cm³/mol. The molecule has 10 heteroatoms. The summed E-state index contributed by atoms with van der Waals surface area (Å²) in [6, 6.07) is 11.6. The minimum atomic E-state index is -4.53. The van der Waals surface area contributed by atoms with Crippen molar-refractivity contribution in [1.29, 1.82) is 0 Å². The lowest BCUT2D eigenvalue weighted by atomic mass is 10.0. The third-order valence-electron chi connectivity index (χ3n) is 5.92. The van der Waals surface area contributed by atoms with Crippen molar-refractivity contribution in [3.05, 3.63) is 71.5 Å². The molecule has 0 spiro atoms. The zero-order valence-corrected chi connectivity index (χ0v) is 18.8. The molecular weight excluding hydrogens is 459 g/mol. The molecule has 0 saturated carbocycles. The number of ether oxygens (including phenoxy) is 1. The van der Waals surface area contributed by atoms with Crippen LogP contribution in [0.5, 0.6) is 0 Å². The van der Waals surface area contributed by atoms with E-state index in [0.29, 0.717) is 37.7 Å². The number of benzene rings is 2. The first-order chi connectivity index (χ1) is 16.8. The topological polar surface area (TPSA) is 83.1 Å². The van der Waals surface area contributed by atoms with Crippen LogP contribution in [0.25, 0.3) is 22.3 Å². The molecule has 1 aliphatic heterocycles. The van der Waals surface area contributed by atoms with Crippen LogP contribution in [0.1, 0.15) is 21.5 Å². The fourth-order valence-electron chi connectivity index (χ4n) is 4.08. The lowest BCUT2D eigenvalue weighted by Gasteiger charge is -2.28. The smallest absolute Gasteiger partial charge is 0.378 e. The van der Waals surface area contributed by atoms with Crippen LogP contribution in [0.4, 0.5) is 24.7 Å². The van der Waals surface area contributed by atoms with E-state index in [0.717, 1.165) is 40.1 Å². The zero-order valence-electron chi connectivity index (χ0n) is 18.8. The van der Waals surface area contributed by atoms with Gasteiger partial charge in [-0.15, -0.1) is 0 Å². The van der Waals surface area contributed by atoms with Crippen LogP contribution in [0.15, 0.2) is 54.9 Å². The molecule has 1 aliphatic rings. The molecule has 7 nitrogen and oxygen atoms in total. The number of hydrogen-bond donors (Lipinski definition) is 2. The maximum absolute atomic E-state index is 13.0. The van der Waals surface area contributed by atoms with Crippen molar-refractivity contribution < 1.29 is 22.7 Å². The van der Waals surface area contributed by atoms with Crippen LogP contribution < -0.4 is 10.2 Å². The number of alkyl halides is 3. The molecule has 2 N–H and O–H groups in total. The van der Waals surface area contributed by atoms with Gasteiger partial charge in [0, 0.05) is 29.9 Å². The molecule has 3 heterocycles. The number of halogens is 3. The predicted octanol–water partition coefficient (Wildman–Crippen LogP) is 5.04. The third-order valence-corrected chi connectivity index (χ3v) is 5.92. The van der Waals surface area contributed by atoms with Crippen molar-refractivity contribution in [2.24, 2.45) is 0 Å². The third kappa shape index (κ3) is 4.69. The lowest BCUT2D eigenvalue weighted by Crippen LogP contribution is -2.37. The van der Waals surface area contributed by atoms with E-state index in [4.69, 9.17) is 9.72 Å². The number of anilines is 2. The van der Waals surface area contributed by atoms with Crippen molar-refractivity contribution in [3.63, 3.8) is 0 Å². The molecule has 0 radical (unpaired) electrons. The summed E-state index contributed by atoms with van der Waals surface area (Å²) in [5, 5.41) is 2.70. The minimum absolute atomic E-state index is 0.0754. The Morgan fingerprint density at radius 3 is 2.69 bits per heavy atom. The number of carbonyl (C=O) groups is 1. The zero-order chi connectivity index (χ0) is 24.6. The lowest BCUT2D eigenvalue weighted by molar-refractivity contribution is -0.137. The summed E-state index contributed by atoms with van der Waals surface area (Å²) in [4.78, 5) is 27.3. The van der Waals surface area contributed by atoms with Gasteiger partial charge < -0.3 is 19.9 Å². The number of nitrogens with zero attached hydrogens (tertiary/aromatic N) is 3. The number of H-pyrrole nitrogens is 1. The number of amides is 1. The normalized spacial score (nSPS) is 14.3. The summed E-state index contributed by atoms with van der Waals surface area (Å²) in [5.41, 5.74) is 3.51. The average molecular weight is 481 g/mol. The molecule has 35 heavy (non-hydrogen) atoms. The van der Waals surface area contributed by atoms with Crippen molar-refractivity contribution in [3.8, 4) is 11.3 Å². The number of rotatable bonds is 4. The molecule has 0 aliphatic carbocycles. The molecular formula is C25H22F3N5O2. The highest BCUT2D eigenvalue weighted by Crippen LogP contribution is 2.32. The maximum Gasteiger partial charge on any atom is 0.416 e. The first-order valence-corrected chi connectivity index (χ1v) is 11.1.